The number of nitrogens with one attached hydrogen (secondary N) is 1. The molecule has 1 unspecified atom stereocenters. The molecule has 1 atom stereocenters. The first kappa shape index (κ1) is 16.9. The van der Waals surface area contributed by atoms with Crippen molar-refractivity contribution in [1.29, 1.82) is 0 Å². The van der Waals surface area contributed by atoms with E-state index in [0.717, 1.165) is 18.0 Å². The van der Waals surface area contributed by atoms with Gasteiger partial charge in [-0.1, -0.05) is 12.1 Å². The first-order chi connectivity index (χ1) is 9.08. The smallest absolute Gasteiger partial charge is 0.236 e. The molecule has 1 aromatic carbocycles. The maximum absolute atomic E-state index is 12.9. The predicted octanol–water partition coefficient (Wildman–Crippen LogP) is 2.77. The van der Waals surface area contributed by atoms with Crippen LogP contribution in [0.4, 0.5) is 4.39 Å². The van der Waals surface area contributed by atoms with E-state index in [4.69, 9.17) is 0 Å². The highest BCUT2D eigenvalue weighted by Gasteiger charge is 2.22. The van der Waals surface area contributed by atoms with Crippen molar-refractivity contribution >= 4 is 18.3 Å². The number of benzene rings is 1. The molecule has 3 nitrogen and oxygen atoms in total. The third-order valence-corrected chi connectivity index (χ3v) is 3.73. The molecular formula is C15H22ClFN2O. The molecule has 0 heterocycles. The molecule has 0 aliphatic heterocycles. The van der Waals surface area contributed by atoms with Crippen molar-refractivity contribution in [3.8, 4) is 0 Å². The number of rotatable bonds is 6. The van der Waals surface area contributed by atoms with Gasteiger partial charge in [-0.25, -0.2) is 4.39 Å². The topological polar surface area (TPSA) is 32.3 Å². The maximum Gasteiger partial charge on any atom is 0.236 e. The Hall–Kier alpha value is -1.13. The van der Waals surface area contributed by atoms with Crippen LogP contribution >= 0.6 is 12.4 Å². The molecule has 2 rings (SSSR count). The van der Waals surface area contributed by atoms with Gasteiger partial charge in [0.25, 0.3) is 0 Å². The van der Waals surface area contributed by atoms with Gasteiger partial charge >= 0.3 is 0 Å². The van der Waals surface area contributed by atoms with Gasteiger partial charge < -0.3 is 10.2 Å². The molecule has 1 amide bonds. The molecule has 1 aliphatic rings. The van der Waals surface area contributed by atoms with Crippen LogP contribution in [0.15, 0.2) is 24.3 Å². The first-order valence-corrected chi connectivity index (χ1v) is 6.79. The maximum atomic E-state index is 12.9. The molecule has 0 spiro atoms. The van der Waals surface area contributed by atoms with E-state index in [2.05, 4.69) is 5.32 Å². The highest BCUT2D eigenvalue weighted by Crippen LogP contribution is 2.27. The van der Waals surface area contributed by atoms with Crippen LogP contribution in [0.3, 0.4) is 0 Å². The molecule has 5 heteroatoms. The molecule has 0 saturated heterocycles. The number of carbonyl (C=O) groups excluding carboxylic acids is 1. The summed E-state index contributed by atoms with van der Waals surface area (Å²) in [5.74, 6) is 0.584. The number of nitrogens with zero attached hydrogens (tertiary/aromatic N) is 1. The third kappa shape index (κ3) is 4.76. The molecule has 0 aromatic heterocycles. The molecule has 1 aromatic rings. The average molecular weight is 301 g/mol. The first-order valence-electron chi connectivity index (χ1n) is 6.79. The second-order valence-corrected chi connectivity index (χ2v) is 5.31. The van der Waals surface area contributed by atoms with E-state index in [0.29, 0.717) is 6.54 Å². The van der Waals surface area contributed by atoms with Crippen molar-refractivity contribution < 1.29 is 9.18 Å². The van der Waals surface area contributed by atoms with Gasteiger partial charge in [0.2, 0.25) is 5.91 Å². The van der Waals surface area contributed by atoms with Crippen LogP contribution in [-0.4, -0.2) is 30.9 Å². The van der Waals surface area contributed by atoms with E-state index in [9.17, 15) is 9.18 Å². The number of hydrogen-bond acceptors (Lipinski definition) is 2. The summed E-state index contributed by atoms with van der Waals surface area (Å²) in [6.45, 7) is 3.26. The Morgan fingerprint density at radius 1 is 1.40 bits per heavy atom. The highest BCUT2D eigenvalue weighted by molar-refractivity contribution is 5.85. The normalized spacial score (nSPS) is 15.3. The predicted molar refractivity (Wildman–Crippen MR) is 80.4 cm³/mol. The minimum absolute atomic E-state index is 0. The fraction of sp³-hybridized carbons (Fsp3) is 0.533. The Bertz CT molecular complexity index is 434. The van der Waals surface area contributed by atoms with Crippen LogP contribution < -0.4 is 5.32 Å². The van der Waals surface area contributed by atoms with Gasteiger partial charge in [0, 0.05) is 7.05 Å². The fourth-order valence-electron chi connectivity index (χ4n) is 2.01. The minimum Gasteiger partial charge on any atom is -0.338 e. The summed E-state index contributed by atoms with van der Waals surface area (Å²) in [5.41, 5.74) is 0.944. The van der Waals surface area contributed by atoms with Crippen molar-refractivity contribution in [2.45, 2.75) is 25.8 Å². The lowest BCUT2D eigenvalue weighted by Crippen LogP contribution is -2.37. The van der Waals surface area contributed by atoms with Crippen molar-refractivity contribution in [2.24, 2.45) is 5.92 Å². The summed E-state index contributed by atoms with van der Waals surface area (Å²) in [4.78, 5) is 13.7. The lowest BCUT2D eigenvalue weighted by molar-refractivity contribution is -0.130. The van der Waals surface area contributed by atoms with E-state index in [-0.39, 0.29) is 30.2 Å². The lowest BCUT2D eigenvalue weighted by atomic mass is 10.1. The van der Waals surface area contributed by atoms with Gasteiger partial charge in [0.05, 0.1) is 12.6 Å². The number of amides is 1. The van der Waals surface area contributed by atoms with Crippen LogP contribution in [0.25, 0.3) is 0 Å². The van der Waals surface area contributed by atoms with Gasteiger partial charge in [-0.05, 0) is 49.9 Å². The summed E-state index contributed by atoms with van der Waals surface area (Å²) in [7, 11) is 1.79. The number of carbonyl (C=O) groups is 1. The largest absolute Gasteiger partial charge is 0.338 e. The quantitative estimate of drug-likeness (QED) is 0.876. The standard InChI is InChI=1S/C15H21FN2O.ClH/c1-11(13-5-7-14(16)8-6-13)18(2)15(19)10-17-9-12-3-4-12;/h5-8,11-12,17H,3-4,9-10H2,1-2H3;1H. The van der Waals surface area contributed by atoms with Crippen molar-refractivity contribution in [1.82, 2.24) is 10.2 Å². The molecule has 0 bridgehead atoms. The highest BCUT2D eigenvalue weighted by atomic mass is 35.5. The molecule has 1 saturated carbocycles. The summed E-state index contributed by atoms with van der Waals surface area (Å²) >= 11 is 0. The van der Waals surface area contributed by atoms with Gasteiger partial charge in [0.1, 0.15) is 5.82 Å². The van der Waals surface area contributed by atoms with Crippen LogP contribution in [-0.2, 0) is 4.79 Å². The van der Waals surface area contributed by atoms with Gasteiger partial charge in [-0.3, -0.25) is 4.79 Å². The zero-order chi connectivity index (χ0) is 13.8. The van der Waals surface area contributed by atoms with Crippen LogP contribution in [0.2, 0.25) is 0 Å². The lowest BCUT2D eigenvalue weighted by Gasteiger charge is -2.25. The monoisotopic (exact) mass is 300 g/mol. The molecule has 1 fully saturated rings. The third-order valence-electron chi connectivity index (χ3n) is 3.73. The summed E-state index contributed by atoms with van der Waals surface area (Å²) in [5, 5.41) is 3.19. The van der Waals surface area contributed by atoms with E-state index in [1.165, 1.54) is 25.0 Å². The Kier molecular flexibility index (Phi) is 6.43. The van der Waals surface area contributed by atoms with E-state index in [1.807, 2.05) is 6.92 Å². The number of likely N-dealkylation sites (N-methyl/N-ethyl adjacent to an activating group) is 1. The Labute approximate surface area is 125 Å². The molecule has 1 N–H and O–H groups in total. The second-order valence-electron chi connectivity index (χ2n) is 5.31. The van der Waals surface area contributed by atoms with Crippen LogP contribution in [0.5, 0.6) is 0 Å². The van der Waals surface area contributed by atoms with Gasteiger partial charge in [-0.15, -0.1) is 12.4 Å². The van der Waals surface area contributed by atoms with Crippen LogP contribution in [0.1, 0.15) is 31.4 Å². The zero-order valence-electron chi connectivity index (χ0n) is 11.9. The van der Waals surface area contributed by atoms with E-state index >= 15 is 0 Å². The molecule has 20 heavy (non-hydrogen) atoms. The number of halogens is 2. The van der Waals surface area contributed by atoms with Gasteiger partial charge in [-0.2, -0.15) is 0 Å². The average Bonchev–Trinajstić information content (AvgIpc) is 3.22. The Morgan fingerprint density at radius 2 is 2.00 bits per heavy atom. The molecule has 0 radical (unpaired) electrons. The Morgan fingerprint density at radius 3 is 2.55 bits per heavy atom. The van der Waals surface area contributed by atoms with Crippen molar-refractivity contribution in [3.05, 3.63) is 35.6 Å². The van der Waals surface area contributed by atoms with Gasteiger partial charge in [0.15, 0.2) is 0 Å². The fourth-order valence-corrected chi connectivity index (χ4v) is 2.01. The zero-order valence-corrected chi connectivity index (χ0v) is 12.8. The summed E-state index contributed by atoms with van der Waals surface area (Å²) < 4.78 is 12.9. The number of hydrogen-bond donors (Lipinski definition) is 1. The molecule has 1 aliphatic carbocycles. The van der Waals surface area contributed by atoms with E-state index in [1.54, 1.807) is 24.1 Å². The Balaban J connectivity index is 0.00000200. The van der Waals surface area contributed by atoms with Crippen LogP contribution in [0, 0.1) is 11.7 Å². The van der Waals surface area contributed by atoms with Crippen molar-refractivity contribution in [3.63, 3.8) is 0 Å². The molecular weight excluding hydrogens is 279 g/mol. The summed E-state index contributed by atoms with van der Waals surface area (Å²) in [6.07, 6.45) is 2.56. The summed E-state index contributed by atoms with van der Waals surface area (Å²) in [6, 6.07) is 6.25. The van der Waals surface area contributed by atoms with Crippen molar-refractivity contribution in [2.75, 3.05) is 20.1 Å². The van der Waals surface area contributed by atoms with E-state index < -0.39 is 0 Å². The molecule has 112 valence electrons. The minimum atomic E-state index is -0.254. The SMILES string of the molecule is CC(c1ccc(F)cc1)N(C)C(=O)CNCC1CC1.Cl. The second kappa shape index (κ2) is 7.60.